The molecule has 2 aromatic carbocycles. The van der Waals surface area contributed by atoms with Crippen LogP contribution in [-0.2, 0) is 6.42 Å². The molecule has 0 bridgehead atoms. The quantitative estimate of drug-likeness (QED) is 0.615. The predicted molar refractivity (Wildman–Crippen MR) is 117 cm³/mol. The van der Waals surface area contributed by atoms with E-state index in [9.17, 15) is 4.79 Å². The Bertz CT molecular complexity index is 954. The molecule has 0 unspecified atom stereocenters. The van der Waals surface area contributed by atoms with Crippen molar-refractivity contribution in [3.63, 3.8) is 0 Å². The zero-order chi connectivity index (χ0) is 20.6. The van der Waals surface area contributed by atoms with E-state index in [1.807, 2.05) is 36.4 Å². The van der Waals surface area contributed by atoms with Crippen LogP contribution in [0.4, 0.5) is 11.4 Å². The number of hydrogen-bond acceptors (Lipinski definition) is 4. The maximum absolute atomic E-state index is 12.4. The number of pyridine rings is 1. The van der Waals surface area contributed by atoms with Crippen molar-refractivity contribution in [2.24, 2.45) is 0 Å². The van der Waals surface area contributed by atoms with Gasteiger partial charge in [-0.3, -0.25) is 4.79 Å². The molecule has 0 aliphatic carbocycles. The van der Waals surface area contributed by atoms with Crippen molar-refractivity contribution in [1.82, 2.24) is 10.3 Å². The predicted octanol–water partition coefficient (Wildman–Crippen LogP) is 4.53. The maximum Gasteiger partial charge on any atom is 0.269 e. The standard InChI is InChI=1S/C24H27N3O2/c1-4-27(20-10-7-8-18(2)16-20)21-12-13-22(26-17-21)24(28)25-15-14-19-9-5-6-11-23(19)29-3/h5-13,16-17H,4,14-15H2,1-3H3,(H,25,28). The Morgan fingerprint density at radius 1 is 1.07 bits per heavy atom. The Morgan fingerprint density at radius 2 is 1.90 bits per heavy atom. The molecule has 0 fully saturated rings. The van der Waals surface area contributed by atoms with Gasteiger partial charge in [-0.25, -0.2) is 4.98 Å². The van der Waals surface area contributed by atoms with Crippen molar-refractivity contribution in [2.75, 3.05) is 25.1 Å². The summed E-state index contributed by atoms with van der Waals surface area (Å²) < 4.78 is 5.35. The number of aromatic nitrogens is 1. The smallest absolute Gasteiger partial charge is 0.269 e. The first-order chi connectivity index (χ1) is 14.1. The number of hydrogen-bond donors (Lipinski definition) is 1. The molecule has 0 aliphatic heterocycles. The largest absolute Gasteiger partial charge is 0.496 e. The molecular weight excluding hydrogens is 362 g/mol. The van der Waals surface area contributed by atoms with Gasteiger partial charge in [0, 0.05) is 18.8 Å². The second-order valence-electron chi connectivity index (χ2n) is 6.80. The summed E-state index contributed by atoms with van der Waals surface area (Å²) in [5.41, 5.74) is 4.76. The van der Waals surface area contributed by atoms with Gasteiger partial charge in [-0.1, -0.05) is 30.3 Å². The number of benzene rings is 2. The number of amides is 1. The first-order valence-corrected chi connectivity index (χ1v) is 9.82. The van der Waals surface area contributed by atoms with Crippen molar-refractivity contribution >= 4 is 17.3 Å². The number of carbonyl (C=O) groups is 1. The van der Waals surface area contributed by atoms with E-state index in [-0.39, 0.29) is 5.91 Å². The molecule has 3 rings (SSSR count). The Hall–Kier alpha value is -3.34. The van der Waals surface area contributed by atoms with E-state index in [2.05, 4.69) is 47.2 Å². The highest BCUT2D eigenvalue weighted by Crippen LogP contribution is 2.25. The van der Waals surface area contributed by atoms with Crippen LogP contribution < -0.4 is 15.0 Å². The summed E-state index contributed by atoms with van der Waals surface area (Å²) in [7, 11) is 1.65. The molecule has 1 heterocycles. The summed E-state index contributed by atoms with van der Waals surface area (Å²) in [6.45, 7) is 5.51. The highest BCUT2D eigenvalue weighted by molar-refractivity contribution is 5.92. The van der Waals surface area contributed by atoms with Gasteiger partial charge in [0.25, 0.3) is 5.91 Å². The minimum absolute atomic E-state index is 0.176. The lowest BCUT2D eigenvalue weighted by atomic mass is 10.1. The maximum atomic E-state index is 12.4. The number of nitrogens with zero attached hydrogens (tertiary/aromatic N) is 2. The van der Waals surface area contributed by atoms with Gasteiger partial charge >= 0.3 is 0 Å². The van der Waals surface area contributed by atoms with Crippen LogP contribution in [-0.4, -0.2) is 31.1 Å². The minimum Gasteiger partial charge on any atom is -0.496 e. The lowest BCUT2D eigenvalue weighted by Gasteiger charge is -2.23. The summed E-state index contributed by atoms with van der Waals surface area (Å²) in [5, 5.41) is 2.93. The molecule has 0 radical (unpaired) electrons. The fraction of sp³-hybridized carbons (Fsp3) is 0.250. The Balaban J connectivity index is 1.62. The fourth-order valence-corrected chi connectivity index (χ4v) is 3.30. The van der Waals surface area contributed by atoms with Gasteiger partial charge < -0.3 is 15.0 Å². The van der Waals surface area contributed by atoms with Gasteiger partial charge in [0.15, 0.2) is 0 Å². The van der Waals surface area contributed by atoms with E-state index in [1.165, 1.54) is 5.56 Å². The van der Waals surface area contributed by atoms with E-state index in [0.717, 1.165) is 29.2 Å². The molecule has 0 saturated heterocycles. The molecule has 0 spiro atoms. The average molecular weight is 389 g/mol. The lowest BCUT2D eigenvalue weighted by Crippen LogP contribution is -2.26. The normalized spacial score (nSPS) is 10.4. The molecule has 5 heteroatoms. The number of nitrogens with one attached hydrogen (secondary N) is 1. The third-order valence-electron chi connectivity index (χ3n) is 4.79. The first kappa shape index (κ1) is 20.4. The summed E-state index contributed by atoms with van der Waals surface area (Å²) in [4.78, 5) is 19.0. The lowest BCUT2D eigenvalue weighted by molar-refractivity contribution is 0.0949. The number of anilines is 2. The van der Waals surface area contributed by atoms with Crippen LogP contribution in [0.25, 0.3) is 0 Å². The fourth-order valence-electron chi connectivity index (χ4n) is 3.30. The van der Waals surface area contributed by atoms with Gasteiger partial charge in [0.1, 0.15) is 11.4 Å². The van der Waals surface area contributed by atoms with Gasteiger partial charge in [-0.05, 0) is 61.7 Å². The van der Waals surface area contributed by atoms with Gasteiger partial charge in [0.05, 0.1) is 19.0 Å². The molecule has 1 amide bonds. The van der Waals surface area contributed by atoms with Crippen LogP contribution in [0.1, 0.15) is 28.5 Å². The SMILES string of the molecule is CCN(c1ccc(C(=O)NCCc2ccccc2OC)nc1)c1cccc(C)c1. The van der Waals surface area contributed by atoms with Crippen LogP contribution in [0, 0.1) is 6.92 Å². The molecule has 1 N–H and O–H groups in total. The summed E-state index contributed by atoms with van der Waals surface area (Å²) in [6.07, 6.45) is 2.45. The van der Waals surface area contributed by atoms with Crippen molar-refractivity contribution in [3.05, 3.63) is 83.7 Å². The van der Waals surface area contributed by atoms with Crippen LogP contribution in [0.2, 0.25) is 0 Å². The van der Waals surface area contributed by atoms with Gasteiger partial charge in [0.2, 0.25) is 0 Å². The number of ether oxygens (including phenoxy) is 1. The van der Waals surface area contributed by atoms with E-state index in [0.29, 0.717) is 18.7 Å². The molecule has 0 saturated carbocycles. The number of aryl methyl sites for hydroxylation is 1. The van der Waals surface area contributed by atoms with Gasteiger partial charge in [-0.15, -0.1) is 0 Å². The second-order valence-corrected chi connectivity index (χ2v) is 6.80. The second kappa shape index (κ2) is 9.73. The van der Waals surface area contributed by atoms with Crippen molar-refractivity contribution < 1.29 is 9.53 Å². The van der Waals surface area contributed by atoms with E-state index in [4.69, 9.17) is 4.74 Å². The third kappa shape index (κ3) is 5.13. The summed E-state index contributed by atoms with van der Waals surface area (Å²) in [5.74, 6) is 0.657. The van der Waals surface area contributed by atoms with E-state index in [1.54, 1.807) is 19.4 Å². The molecule has 0 atom stereocenters. The molecule has 0 aliphatic rings. The number of methoxy groups -OCH3 is 1. The molecule has 1 aromatic heterocycles. The molecule has 29 heavy (non-hydrogen) atoms. The van der Waals surface area contributed by atoms with E-state index < -0.39 is 0 Å². The first-order valence-electron chi connectivity index (χ1n) is 9.82. The summed E-state index contributed by atoms with van der Waals surface area (Å²) in [6, 6.07) is 19.9. The Morgan fingerprint density at radius 3 is 2.59 bits per heavy atom. The zero-order valence-electron chi connectivity index (χ0n) is 17.2. The molecule has 3 aromatic rings. The Kier molecular flexibility index (Phi) is 6.85. The van der Waals surface area contributed by atoms with Crippen molar-refractivity contribution in [2.45, 2.75) is 20.3 Å². The Labute approximate surface area is 172 Å². The topological polar surface area (TPSA) is 54.5 Å². The van der Waals surface area contributed by atoms with Crippen molar-refractivity contribution in [1.29, 1.82) is 0 Å². The van der Waals surface area contributed by atoms with Crippen LogP contribution in [0.5, 0.6) is 5.75 Å². The van der Waals surface area contributed by atoms with Gasteiger partial charge in [-0.2, -0.15) is 0 Å². The van der Waals surface area contributed by atoms with Crippen molar-refractivity contribution in [3.8, 4) is 5.75 Å². The third-order valence-corrected chi connectivity index (χ3v) is 4.79. The average Bonchev–Trinajstić information content (AvgIpc) is 2.75. The van der Waals surface area contributed by atoms with E-state index >= 15 is 0 Å². The monoisotopic (exact) mass is 389 g/mol. The summed E-state index contributed by atoms with van der Waals surface area (Å²) >= 11 is 0. The minimum atomic E-state index is -0.176. The van der Waals surface area contributed by atoms with Crippen LogP contribution in [0.3, 0.4) is 0 Å². The zero-order valence-corrected chi connectivity index (χ0v) is 17.2. The number of para-hydroxylation sites is 1. The molecule has 5 nitrogen and oxygen atoms in total. The van der Waals surface area contributed by atoms with Crippen LogP contribution >= 0.6 is 0 Å². The number of carbonyl (C=O) groups excluding carboxylic acids is 1. The highest BCUT2D eigenvalue weighted by Gasteiger charge is 2.11. The molecule has 150 valence electrons. The molecular formula is C24H27N3O2. The highest BCUT2D eigenvalue weighted by atomic mass is 16.5. The number of rotatable bonds is 8. The van der Waals surface area contributed by atoms with Crippen LogP contribution in [0.15, 0.2) is 66.9 Å².